The van der Waals surface area contributed by atoms with Gasteiger partial charge in [-0.1, -0.05) is 164 Å². The molecule has 0 aliphatic heterocycles. The lowest BCUT2D eigenvalue weighted by molar-refractivity contribution is 0.669. The first kappa shape index (κ1) is 34.1. The van der Waals surface area contributed by atoms with E-state index in [9.17, 15) is 0 Å². The second kappa shape index (κ2) is 12.9. The molecule has 0 amide bonds. The third-order valence-electron chi connectivity index (χ3n) is 12.8. The average molecular weight is 805 g/mol. The Morgan fingerprint density at radius 3 is 1.73 bits per heavy atom. The van der Waals surface area contributed by atoms with Crippen LogP contribution in [0.3, 0.4) is 0 Å². The van der Waals surface area contributed by atoms with E-state index in [1.54, 1.807) is 0 Å². The van der Waals surface area contributed by atoms with Crippen LogP contribution in [-0.4, -0.2) is 19.5 Å². The first-order valence-corrected chi connectivity index (χ1v) is 21.2. The minimum atomic E-state index is 0.512. The van der Waals surface area contributed by atoms with E-state index >= 15 is 0 Å². The molecule has 14 aromatic rings. The van der Waals surface area contributed by atoms with Crippen LogP contribution in [0.25, 0.3) is 138 Å². The molecule has 0 spiro atoms. The van der Waals surface area contributed by atoms with E-state index in [-0.39, 0.29) is 0 Å². The van der Waals surface area contributed by atoms with Gasteiger partial charge in [-0.25, -0.2) is 4.98 Å². The van der Waals surface area contributed by atoms with Crippen LogP contribution in [0.15, 0.2) is 203 Å². The molecule has 4 aromatic heterocycles. The Bertz CT molecular complexity index is 4220. The monoisotopic (exact) mass is 804 g/mol. The summed E-state index contributed by atoms with van der Waals surface area (Å²) in [5, 5.41) is 13.3. The fourth-order valence-electron chi connectivity index (χ4n) is 10.1. The molecule has 10 aromatic carbocycles. The van der Waals surface area contributed by atoms with Crippen LogP contribution in [-0.2, 0) is 0 Å². The molecule has 0 atom stereocenters. The maximum absolute atomic E-state index is 6.91. The van der Waals surface area contributed by atoms with Gasteiger partial charge in [-0.2, -0.15) is 9.97 Å². The molecule has 0 saturated heterocycles. The number of aromatic nitrogens is 4. The van der Waals surface area contributed by atoms with Gasteiger partial charge in [0.15, 0.2) is 11.6 Å². The number of furan rings is 2. The Balaban J connectivity index is 1.18. The van der Waals surface area contributed by atoms with Crippen molar-refractivity contribution in [3.8, 4) is 39.9 Å². The topological polar surface area (TPSA) is 69.9 Å². The normalized spacial score (nSPS) is 12.1. The SMILES string of the molecule is c1ccc(-c2nc(-c3ccc4c(c3)oc3ccccc34)nc(-n3c4c(-c5c6ccccc6cc6c5oc5ccccc56)cccc4c4c5ccccc5c5ccccc5c43)n2)cc1. The van der Waals surface area contributed by atoms with Gasteiger partial charge in [0.05, 0.1) is 11.0 Å². The minimum absolute atomic E-state index is 0.512. The molecule has 0 bridgehead atoms. The quantitative estimate of drug-likeness (QED) is 0.166. The Labute approximate surface area is 358 Å². The second-order valence-corrected chi connectivity index (χ2v) is 16.3. The number of rotatable bonds is 4. The maximum Gasteiger partial charge on any atom is 0.238 e. The number of hydrogen-bond donors (Lipinski definition) is 0. The van der Waals surface area contributed by atoms with Gasteiger partial charge in [0, 0.05) is 60.0 Å². The third-order valence-corrected chi connectivity index (χ3v) is 12.8. The second-order valence-electron chi connectivity index (χ2n) is 16.3. The predicted molar refractivity (Wildman–Crippen MR) is 258 cm³/mol. The van der Waals surface area contributed by atoms with Crippen LogP contribution >= 0.6 is 0 Å². The Kier molecular flexibility index (Phi) is 7.02. The van der Waals surface area contributed by atoms with Crippen molar-refractivity contribution in [2.75, 3.05) is 0 Å². The van der Waals surface area contributed by atoms with E-state index in [1.807, 2.05) is 42.5 Å². The molecule has 0 radical (unpaired) electrons. The van der Waals surface area contributed by atoms with E-state index < -0.39 is 0 Å². The molecule has 0 fully saturated rings. The zero-order valence-corrected chi connectivity index (χ0v) is 33.6. The summed E-state index contributed by atoms with van der Waals surface area (Å²) in [6.45, 7) is 0. The molecule has 0 N–H and O–H groups in total. The van der Waals surface area contributed by atoms with Gasteiger partial charge in [0.25, 0.3) is 0 Å². The van der Waals surface area contributed by atoms with Crippen molar-refractivity contribution in [1.29, 1.82) is 0 Å². The van der Waals surface area contributed by atoms with Gasteiger partial charge in [-0.15, -0.1) is 0 Å². The highest BCUT2D eigenvalue weighted by Crippen LogP contribution is 2.48. The van der Waals surface area contributed by atoms with Gasteiger partial charge >= 0.3 is 0 Å². The summed E-state index contributed by atoms with van der Waals surface area (Å²) in [6, 6.07) is 67.9. The van der Waals surface area contributed by atoms with Gasteiger partial charge in [0.1, 0.15) is 22.3 Å². The summed E-state index contributed by atoms with van der Waals surface area (Å²) >= 11 is 0. The molecule has 6 nitrogen and oxygen atoms in total. The van der Waals surface area contributed by atoms with Crippen molar-refractivity contribution in [3.05, 3.63) is 194 Å². The fraction of sp³-hybridized carbons (Fsp3) is 0. The van der Waals surface area contributed by atoms with Crippen LogP contribution in [0, 0.1) is 0 Å². The van der Waals surface area contributed by atoms with Crippen LogP contribution in [0.2, 0.25) is 0 Å². The maximum atomic E-state index is 6.91. The van der Waals surface area contributed by atoms with Crippen molar-refractivity contribution >= 4 is 98.0 Å². The van der Waals surface area contributed by atoms with Crippen molar-refractivity contribution in [1.82, 2.24) is 19.5 Å². The molecule has 4 heterocycles. The highest BCUT2D eigenvalue weighted by atomic mass is 16.3. The molecule has 63 heavy (non-hydrogen) atoms. The standard InChI is InChI=1S/C57H32N4O2/c1-2-15-33(16-3-1)55-58-56(35-29-30-41-39-21-10-12-27-47(39)62-49(41)32-35)60-57(59-55)61-52-44(50-42-23-8-6-19-37(42)38-20-7-9-24-43(38)53(50)61)25-14-26-45(52)51-36-18-5-4-17-34(36)31-46-40-22-11-13-28-48(40)63-54(46)51/h1-32H. The summed E-state index contributed by atoms with van der Waals surface area (Å²) in [7, 11) is 0. The summed E-state index contributed by atoms with van der Waals surface area (Å²) in [5.74, 6) is 1.63. The number of fused-ring (bicyclic) bond motifs is 15. The summed E-state index contributed by atoms with van der Waals surface area (Å²) in [4.78, 5) is 16.1. The van der Waals surface area contributed by atoms with Crippen LogP contribution in [0.1, 0.15) is 0 Å². The number of para-hydroxylation sites is 3. The molecule has 14 rings (SSSR count). The third kappa shape index (κ3) is 4.91. The molecule has 0 aliphatic carbocycles. The van der Waals surface area contributed by atoms with Crippen LogP contribution in [0.4, 0.5) is 0 Å². The molecule has 0 unspecified atom stereocenters. The first-order chi connectivity index (χ1) is 31.2. The van der Waals surface area contributed by atoms with Crippen molar-refractivity contribution in [2.24, 2.45) is 0 Å². The molecule has 0 aliphatic rings. The lowest BCUT2D eigenvalue weighted by Crippen LogP contribution is -2.07. The largest absolute Gasteiger partial charge is 0.456 e. The summed E-state index contributed by atoms with van der Waals surface area (Å²) in [5.41, 5.74) is 9.08. The van der Waals surface area contributed by atoms with E-state index in [0.717, 1.165) is 115 Å². The molecule has 292 valence electrons. The van der Waals surface area contributed by atoms with E-state index in [0.29, 0.717) is 17.6 Å². The Hall–Kier alpha value is -8.61. The highest BCUT2D eigenvalue weighted by Gasteiger charge is 2.26. The minimum Gasteiger partial charge on any atom is -0.456 e. The van der Waals surface area contributed by atoms with Crippen LogP contribution in [0.5, 0.6) is 0 Å². The van der Waals surface area contributed by atoms with Gasteiger partial charge in [-0.3, -0.25) is 4.57 Å². The zero-order valence-electron chi connectivity index (χ0n) is 33.6. The molecule has 6 heteroatoms. The Morgan fingerprint density at radius 1 is 0.349 bits per heavy atom. The number of hydrogen-bond acceptors (Lipinski definition) is 5. The Morgan fingerprint density at radius 2 is 0.937 bits per heavy atom. The van der Waals surface area contributed by atoms with Gasteiger partial charge in [0.2, 0.25) is 5.95 Å². The predicted octanol–water partition coefficient (Wildman–Crippen LogP) is 15.2. The molecular weight excluding hydrogens is 773 g/mol. The van der Waals surface area contributed by atoms with Crippen molar-refractivity contribution in [2.45, 2.75) is 0 Å². The van der Waals surface area contributed by atoms with E-state index in [2.05, 4.69) is 156 Å². The van der Waals surface area contributed by atoms with Gasteiger partial charge < -0.3 is 8.83 Å². The number of nitrogens with zero attached hydrogens (tertiary/aromatic N) is 4. The number of benzene rings is 10. The first-order valence-electron chi connectivity index (χ1n) is 21.2. The van der Waals surface area contributed by atoms with E-state index in [1.165, 1.54) is 5.39 Å². The average Bonchev–Trinajstić information content (AvgIpc) is 4.03. The van der Waals surface area contributed by atoms with Crippen molar-refractivity contribution < 1.29 is 8.83 Å². The smallest absolute Gasteiger partial charge is 0.238 e. The lowest BCUT2D eigenvalue weighted by atomic mass is 9.93. The van der Waals surface area contributed by atoms with E-state index in [4.69, 9.17) is 23.8 Å². The van der Waals surface area contributed by atoms with Crippen LogP contribution < -0.4 is 0 Å². The zero-order chi connectivity index (χ0) is 41.2. The summed E-state index contributed by atoms with van der Waals surface area (Å²) < 4.78 is 15.6. The fourth-order valence-corrected chi connectivity index (χ4v) is 10.1. The van der Waals surface area contributed by atoms with Gasteiger partial charge in [-0.05, 0) is 57.3 Å². The lowest BCUT2D eigenvalue weighted by Gasteiger charge is -2.15. The summed E-state index contributed by atoms with van der Waals surface area (Å²) in [6.07, 6.45) is 0. The molecule has 0 saturated carbocycles. The molecular formula is C57H32N4O2. The van der Waals surface area contributed by atoms with Crippen molar-refractivity contribution in [3.63, 3.8) is 0 Å². The highest BCUT2D eigenvalue weighted by molar-refractivity contribution is 6.34.